The van der Waals surface area contributed by atoms with Crippen LogP contribution in [0.15, 0.2) is 29.2 Å². The molecule has 0 amide bonds. The van der Waals surface area contributed by atoms with E-state index in [9.17, 15) is 8.42 Å². The Morgan fingerprint density at radius 1 is 1.43 bits per heavy atom. The monoisotopic (exact) mass is 215 g/mol. The highest BCUT2D eigenvalue weighted by Gasteiger charge is 2.08. The van der Waals surface area contributed by atoms with E-state index in [4.69, 9.17) is 4.55 Å². The number of nitrogens with one attached hydrogen (secondary N) is 1. The minimum absolute atomic E-state index is 0.0846. The van der Waals surface area contributed by atoms with Gasteiger partial charge in [-0.25, -0.2) is 0 Å². The van der Waals surface area contributed by atoms with Crippen molar-refractivity contribution >= 4 is 15.8 Å². The van der Waals surface area contributed by atoms with E-state index in [0.29, 0.717) is 5.69 Å². The lowest BCUT2D eigenvalue weighted by Crippen LogP contribution is -2.02. The fourth-order valence-electron chi connectivity index (χ4n) is 1.04. The second kappa shape index (κ2) is 4.43. The van der Waals surface area contributed by atoms with Crippen LogP contribution in [0.25, 0.3) is 0 Å². The van der Waals surface area contributed by atoms with Gasteiger partial charge in [-0.3, -0.25) is 4.55 Å². The normalized spacial score (nSPS) is 11.3. The van der Waals surface area contributed by atoms with Crippen LogP contribution in [0.5, 0.6) is 0 Å². The van der Waals surface area contributed by atoms with Crippen molar-refractivity contribution in [3.8, 4) is 0 Å². The molecule has 0 radical (unpaired) electrons. The lowest BCUT2D eigenvalue weighted by atomic mass is 10.3. The zero-order valence-corrected chi connectivity index (χ0v) is 8.71. The Morgan fingerprint density at radius 3 is 2.71 bits per heavy atom. The molecule has 1 rings (SSSR count). The quantitative estimate of drug-likeness (QED) is 0.751. The van der Waals surface area contributed by atoms with Crippen molar-refractivity contribution in [1.29, 1.82) is 0 Å². The molecule has 0 aromatic heterocycles. The molecule has 0 aliphatic rings. The Bertz CT molecular complexity index is 400. The summed E-state index contributed by atoms with van der Waals surface area (Å²) in [5.41, 5.74) is 0.696. The van der Waals surface area contributed by atoms with Crippen molar-refractivity contribution < 1.29 is 13.0 Å². The Hall–Kier alpha value is -1.07. The average molecular weight is 215 g/mol. The fraction of sp³-hybridized carbons (Fsp3) is 0.333. The minimum Gasteiger partial charge on any atom is -0.385 e. The van der Waals surface area contributed by atoms with E-state index in [2.05, 4.69) is 5.32 Å². The van der Waals surface area contributed by atoms with E-state index >= 15 is 0 Å². The molecule has 14 heavy (non-hydrogen) atoms. The summed E-state index contributed by atoms with van der Waals surface area (Å²) in [7, 11) is -4.09. The molecule has 1 aromatic carbocycles. The highest BCUT2D eigenvalue weighted by molar-refractivity contribution is 7.85. The molecule has 0 spiro atoms. The number of anilines is 1. The lowest BCUT2D eigenvalue weighted by molar-refractivity contribution is 0.483. The zero-order chi connectivity index (χ0) is 10.6. The van der Waals surface area contributed by atoms with Crippen LogP contribution in [0, 0.1) is 0 Å². The predicted molar refractivity (Wildman–Crippen MR) is 55.0 cm³/mol. The zero-order valence-electron chi connectivity index (χ0n) is 7.90. The Morgan fingerprint density at radius 2 is 2.14 bits per heavy atom. The van der Waals surface area contributed by atoms with Gasteiger partial charge in [0.1, 0.15) is 0 Å². The van der Waals surface area contributed by atoms with E-state index in [1.807, 2.05) is 6.92 Å². The summed E-state index contributed by atoms with van der Waals surface area (Å²) in [6.07, 6.45) is 0.954. The summed E-state index contributed by atoms with van der Waals surface area (Å²) in [6, 6.07) is 6.10. The second-order valence-corrected chi connectivity index (χ2v) is 4.35. The van der Waals surface area contributed by atoms with Crippen LogP contribution in [0.4, 0.5) is 5.69 Å². The van der Waals surface area contributed by atoms with Gasteiger partial charge in [0.15, 0.2) is 0 Å². The second-order valence-electron chi connectivity index (χ2n) is 2.93. The van der Waals surface area contributed by atoms with Gasteiger partial charge in [0.25, 0.3) is 10.1 Å². The van der Waals surface area contributed by atoms with Crippen molar-refractivity contribution in [3.63, 3.8) is 0 Å². The molecule has 4 nitrogen and oxygen atoms in total. The van der Waals surface area contributed by atoms with Crippen LogP contribution in [-0.4, -0.2) is 19.5 Å². The van der Waals surface area contributed by atoms with Crippen LogP contribution in [-0.2, 0) is 10.1 Å². The van der Waals surface area contributed by atoms with Crippen molar-refractivity contribution in [2.24, 2.45) is 0 Å². The predicted octanol–water partition coefficient (Wildman–Crippen LogP) is 1.76. The molecular formula is C9H13NO3S. The van der Waals surface area contributed by atoms with Crippen molar-refractivity contribution in [2.45, 2.75) is 18.2 Å². The van der Waals surface area contributed by atoms with Crippen molar-refractivity contribution in [3.05, 3.63) is 24.3 Å². The maximum atomic E-state index is 10.8. The third kappa shape index (κ3) is 3.01. The topological polar surface area (TPSA) is 66.4 Å². The van der Waals surface area contributed by atoms with E-state index < -0.39 is 10.1 Å². The molecular weight excluding hydrogens is 202 g/mol. The summed E-state index contributed by atoms with van der Waals surface area (Å²) in [4.78, 5) is -0.0846. The van der Waals surface area contributed by atoms with Gasteiger partial charge in [-0.15, -0.1) is 0 Å². The van der Waals surface area contributed by atoms with Gasteiger partial charge in [0.2, 0.25) is 0 Å². The van der Waals surface area contributed by atoms with Gasteiger partial charge in [-0.2, -0.15) is 8.42 Å². The standard InChI is InChI=1S/C9H13NO3S/c1-2-6-10-8-4-3-5-9(7-8)14(11,12)13/h3-5,7,10H,2,6H2,1H3,(H,11,12,13). The SMILES string of the molecule is CCCNc1cccc(S(=O)(=O)O)c1. The summed E-state index contributed by atoms with van der Waals surface area (Å²) in [5.74, 6) is 0. The molecule has 0 heterocycles. The molecule has 5 heteroatoms. The van der Waals surface area contributed by atoms with Crippen molar-refractivity contribution in [2.75, 3.05) is 11.9 Å². The molecule has 78 valence electrons. The Balaban J connectivity index is 2.90. The molecule has 0 aliphatic carbocycles. The van der Waals surface area contributed by atoms with Gasteiger partial charge >= 0.3 is 0 Å². The molecule has 0 saturated carbocycles. The highest BCUT2D eigenvalue weighted by Crippen LogP contribution is 2.14. The number of hydrogen-bond acceptors (Lipinski definition) is 3. The Kier molecular flexibility index (Phi) is 3.49. The van der Waals surface area contributed by atoms with Crippen LogP contribution in [0.2, 0.25) is 0 Å². The van der Waals surface area contributed by atoms with Gasteiger partial charge < -0.3 is 5.32 Å². The number of hydrogen-bond donors (Lipinski definition) is 2. The summed E-state index contributed by atoms with van der Waals surface area (Å²) in [5, 5.41) is 3.03. The first kappa shape index (κ1) is 11.0. The van der Waals surface area contributed by atoms with Gasteiger partial charge in [-0.05, 0) is 24.6 Å². The third-order valence-electron chi connectivity index (χ3n) is 1.71. The van der Waals surface area contributed by atoms with E-state index in [1.165, 1.54) is 12.1 Å². The molecule has 1 aromatic rings. The first-order chi connectivity index (χ1) is 6.54. The van der Waals surface area contributed by atoms with E-state index in [1.54, 1.807) is 12.1 Å². The molecule has 0 saturated heterocycles. The minimum atomic E-state index is -4.09. The van der Waals surface area contributed by atoms with Gasteiger partial charge in [0.05, 0.1) is 4.90 Å². The first-order valence-electron chi connectivity index (χ1n) is 4.35. The molecule has 0 fully saturated rings. The number of benzene rings is 1. The fourth-order valence-corrected chi connectivity index (χ4v) is 1.56. The average Bonchev–Trinajstić information content (AvgIpc) is 2.14. The first-order valence-corrected chi connectivity index (χ1v) is 5.79. The third-order valence-corrected chi connectivity index (χ3v) is 2.56. The molecule has 2 N–H and O–H groups in total. The summed E-state index contributed by atoms with van der Waals surface area (Å²) >= 11 is 0. The number of rotatable bonds is 4. The van der Waals surface area contributed by atoms with E-state index in [-0.39, 0.29) is 4.90 Å². The molecule has 0 aliphatic heterocycles. The van der Waals surface area contributed by atoms with Crippen LogP contribution >= 0.6 is 0 Å². The largest absolute Gasteiger partial charge is 0.385 e. The van der Waals surface area contributed by atoms with Crippen LogP contribution < -0.4 is 5.32 Å². The molecule has 0 bridgehead atoms. The smallest absolute Gasteiger partial charge is 0.294 e. The summed E-state index contributed by atoms with van der Waals surface area (Å²) < 4.78 is 30.4. The maximum absolute atomic E-state index is 10.8. The van der Waals surface area contributed by atoms with E-state index in [0.717, 1.165) is 13.0 Å². The maximum Gasteiger partial charge on any atom is 0.294 e. The van der Waals surface area contributed by atoms with Crippen LogP contribution in [0.3, 0.4) is 0 Å². The Labute approximate surface area is 83.7 Å². The van der Waals surface area contributed by atoms with Gasteiger partial charge in [0, 0.05) is 12.2 Å². The lowest BCUT2D eigenvalue weighted by Gasteiger charge is -2.05. The molecule has 0 unspecified atom stereocenters. The summed E-state index contributed by atoms with van der Waals surface area (Å²) in [6.45, 7) is 2.79. The molecule has 0 atom stereocenters. The van der Waals surface area contributed by atoms with Crippen LogP contribution in [0.1, 0.15) is 13.3 Å². The van der Waals surface area contributed by atoms with Crippen molar-refractivity contribution in [1.82, 2.24) is 0 Å². The highest BCUT2D eigenvalue weighted by atomic mass is 32.2. The van der Waals surface area contributed by atoms with Gasteiger partial charge in [-0.1, -0.05) is 13.0 Å².